The van der Waals surface area contributed by atoms with Crippen molar-refractivity contribution >= 4 is 25.2 Å². The molecule has 0 bridgehead atoms. The van der Waals surface area contributed by atoms with Gasteiger partial charge in [-0.2, -0.15) is 0 Å². The summed E-state index contributed by atoms with van der Waals surface area (Å²) in [6.45, 7) is 0. The van der Waals surface area contributed by atoms with Gasteiger partial charge in [0.2, 0.25) is 7.98 Å². The number of rotatable bonds is 2. The van der Waals surface area contributed by atoms with E-state index in [-0.39, 0.29) is 5.91 Å². The molecule has 0 unspecified atom stereocenters. The molecule has 0 aliphatic carbocycles. The number of aromatic nitrogens is 1. The van der Waals surface area contributed by atoms with E-state index in [0.717, 1.165) is 10.4 Å². The lowest BCUT2D eigenvalue weighted by Crippen LogP contribution is -2.18. The van der Waals surface area contributed by atoms with Crippen molar-refractivity contribution in [3.8, 4) is 10.4 Å². The Bertz CT molecular complexity index is 469. The lowest BCUT2D eigenvalue weighted by molar-refractivity contribution is 0.0981. The van der Waals surface area contributed by atoms with E-state index in [1.54, 1.807) is 14.2 Å². The van der Waals surface area contributed by atoms with Gasteiger partial charge in [0, 0.05) is 6.20 Å². The maximum atomic E-state index is 11.3. The molecule has 0 aliphatic rings. The summed E-state index contributed by atoms with van der Waals surface area (Å²) in [5, 5.41) is 3.05. The van der Waals surface area contributed by atoms with Gasteiger partial charge in [-0.1, -0.05) is 30.3 Å². The van der Waals surface area contributed by atoms with Gasteiger partial charge < -0.3 is 5.23 Å². The largest absolute Gasteiger partial charge is 0.400 e. The van der Waals surface area contributed by atoms with E-state index in [1.807, 2.05) is 30.3 Å². The van der Waals surface area contributed by atoms with Gasteiger partial charge in [0.25, 0.3) is 5.91 Å². The van der Waals surface area contributed by atoms with Crippen LogP contribution in [0.25, 0.3) is 10.4 Å². The Balaban J connectivity index is 2.32. The average Bonchev–Trinajstić information content (AvgIpc) is 2.78. The second-order valence-corrected chi connectivity index (χ2v) is 4.01. The predicted octanol–water partition coefficient (Wildman–Crippen LogP) is 1.09. The molecular formula is C10H9BN2OS. The molecule has 0 radical (unpaired) electrons. The first-order valence-corrected chi connectivity index (χ1v) is 5.36. The van der Waals surface area contributed by atoms with Gasteiger partial charge in [0.15, 0.2) is 5.01 Å². The van der Waals surface area contributed by atoms with Crippen molar-refractivity contribution in [2.75, 3.05) is 0 Å². The molecule has 2 aromatic rings. The van der Waals surface area contributed by atoms with Crippen molar-refractivity contribution in [1.29, 1.82) is 0 Å². The van der Waals surface area contributed by atoms with E-state index in [4.69, 9.17) is 0 Å². The zero-order chi connectivity index (χ0) is 10.7. The van der Waals surface area contributed by atoms with Crippen LogP contribution in [0.15, 0.2) is 36.5 Å². The Morgan fingerprint density at radius 1 is 1.33 bits per heavy atom. The van der Waals surface area contributed by atoms with Crippen molar-refractivity contribution < 1.29 is 4.79 Å². The van der Waals surface area contributed by atoms with Crippen LogP contribution in [-0.2, 0) is 0 Å². The van der Waals surface area contributed by atoms with Crippen LogP contribution in [0.3, 0.4) is 0 Å². The molecule has 0 aliphatic heterocycles. The fraction of sp³-hybridized carbons (Fsp3) is 0. The second kappa shape index (κ2) is 4.27. The molecule has 1 N–H and O–H groups in total. The predicted molar refractivity (Wildman–Crippen MR) is 63.6 cm³/mol. The Hall–Kier alpha value is -1.62. The van der Waals surface area contributed by atoms with Crippen molar-refractivity contribution in [1.82, 2.24) is 10.2 Å². The van der Waals surface area contributed by atoms with E-state index >= 15 is 0 Å². The summed E-state index contributed by atoms with van der Waals surface area (Å²) in [6, 6.07) is 9.90. The van der Waals surface area contributed by atoms with Crippen molar-refractivity contribution in [2.24, 2.45) is 0 Å². The summed E-state index contributed by atoms with van der Waals surface area (Å²) in [7, 11) is 1.60. The smallest absolute Gasteiger partial charge is 0.267 e. The minimum absolute atomic E-state index is 0.137. The molecule has 0 fully saturated rings. The third-order valence-corrected chi connectivity index (χ3v) is 3.03. The van der Waals surface area contributed by atoms with Gasteiger partial charge >= 0.3 is 0 Å². The fourth-order valence-electron chi connectivity index (χ4n) is 1.22. The SMILES string of the molecule is BNC(=O)c1ncc(-c2ccccc2)s1. The van der Waals surface area contributed by atoms with Crippen LogP contribution in [0.5, 0.6) is 0 Å². The van der Waals surface area contributed by atoms with Gasteiger partial charge in [0.05, 0.1) is 4.88 Å². The van der Waals surface area contributed by atoms with Crippen LogP contribution in [0.4, 0.5) is 0 Å². The fourth-order valence-corrected chi connectivity index (χ4v) is 2.09. The summed E-state index contributed by atoms with van der Waals surface area (Å²) >= 11 is 1.40. The maximum Gasteiger partial charge on any atom is 0.267 e. The van der Waals surface area contributed by atoms with Gasteiger partial charge in [-0.25, -0.2) is 4.98 Å². The highest BCUT2D eigenvalue weighted by Crippen LogP contribution is 2.25. The molecule has 1 aromatic carbocycles. The molecule has 1 amide bonds. The molecule has 5 heteroatoms. The van der Waals surface area contributed by atoms with Gasteiger partial charge in [0.1, 0.15) is 0 Å². The third kappa shape index (κ3) is 2.07. The van der Waals surface area contributed by atoms with Crippen LogP contribution >= 0.6 is 11.3 Å². The minimum atomic E-state index is -0.137. The molecule has 15 heavy (non-hydrogen) atoms. The number of hydrogen-bond donors (Lipinski definition) is 1. The Labute approximate surface area is 92.6 Å². The third-order valence-electron chi connectivity index (χ3n) is 1.99. The summed E-state index contributed by atoms with van der Waals surface area (Å²) in [4.78, 5) is 16.4. The number of hydrogen-bond acceptors (Lipinski definition) is 3. The van der Waals surface area contributed by atoms with Crippen molar-refractivity contribution in [3.05, 3.63) is 41.5 Å². The monoisotopic (exact) mass is 216 g/mol. The van der Waals surface area contributed by atoms with Crippen molar-refractivity contribution in [3.63, 3.8) is 0 Å². The molecular weight excluding hydrogens is 207 g/mol. The molecule has 0 saturated heterocycles. The highest BCUT2D eigenvalue weighted by Gasteiger charge is 2.09. The van der Waals surface area contributed by atoms with E-state index in [9.17, 15) is 4.79 Å². The second-order valence-electron chi connectivity index (χ2n) is 2.97. The Morgan fingerprint density at radius 3 is 2.73 bits per heavy atom. The van der Waals surface area contributed by atoms with E-state index in [0.29, 0.717) is 5.01 Å². The Morgan fingerprint density at radius 2 is 2.07 bits per heavy atom. The number of carbonyl (C=O) groups is 1. The maximum absolute atomic E-state index is 11.3. The highest BCUT2D eigenvalue weighted by atomic mass is 32.1. The minimum Gasteiger partial charge on any atom is -0.400 e. The molecule has 0 saturated carbocycles. The quantitative estimate of drug-likeness (QED) is 0.763. The topological polar surface area (TPSA) is 42.0 Å². The first-order chi connectivity index (χ1) is 7.31. The van der Waals surface area contributed by atoms with Crippen LogP contribution in [-0.4, -0.2) is 18.9 Å². The standard InChI is InChI=1S/C10H9BN2OS/c11-13-9(14)10-12-6-8(15-10)7-4-2-1-3-5-7/h1-6H,11H2,(H,13,14). The van der Waals surface area contributed by atoms with E-state index in [1.165, 1.54) is 11.3 Å². The number of thiazole rings is 1. The van der Waals surface area contributed by atoms with Gasteiger partial charge in [-0.3, -0.25) is 4.79 Å². The number of nitrogens with zero attached hydrogens (tertiary/aromatic N) is 1. The van der Waals surface area contributed by atoms with Crippen LogP contribution in [0.1, 0.15) is 9.80 Å². The number of carbonyl (C=O) groups excluding carboxylic acids is 1. The molecule has 0 atom stereocenters. The summed E-state index contributed by atoms with van der Waals surface area (Å²) in [5.41, 5.74) is 1.09. The van der Waals surface area contributed by atoms with E-state index in [2.05, 4.69) is 10.2 Å². The summed E-state index contributed by atoms with van der Waals surface area (Å²) in [6.07, 6.45) is 1.73. The van der Waals surface area contributed by atoms with Crippen LogP contribution in [0.2, 0.25) is 0 Å². The molecule has 3 nitrogen and oxygen atoms in total. The summed E-state index contributed by atoms with van der Waals surface area (Å²) in [5.74, 6) is -0.137. The number of amides is 1. The lowest BCUT2D eigenvalue weighted by Gasteiger charge is -1.94. The van der Waals surface area contributed by atoms with Gasteiger partial charge in [-0.15, -0.1) is 11.3 Å². The zero-order valence-electron chi connectivity index (χ0n) is 8.23. The molecule has 0 spiro atoms. The van der Waals surface area contributed by atoms with Crippen LogP contribution in [0, 0.1) is 0 Å². The average molecular weight is 216 g/mol. The normalized spacial score (nSPS) is 9.87. The van der Waals surface area contributed by atoms with Crippen LogP contribution < -0.4 is 5.23 Å². The molecule has 1 heterocycles. The van der Waals surface area contributed by atoms with Crippen molar-refractivity contribution in [2.45, 2.75) is 0 Å². The molecule has 1 aromatic heterocycles. The lowest BCUT2D eigenvalue weighted by atomic mass is 10.2. The highest BCUT2D eigenvalue weighted by molar-refractivity contribution is 7.17. The van der Waals surface area contributed by atoms with Gasteiger partial charge in [-0.05, 0) is 5.56 Å². The molecule has 74 valence electrons. The first-order valence-electron chi connectivity index (χ1n) is 4.54. The summed E-state index contributed by atoms with van der Waals surface area (Å²) < 4.78 is 0. The first kappa shape index (κ1) is 9.92. The Kier molecular flexibility index (Phi) is 2.83. The van der Waals surface area contributed by atoms with E-state index < -0.39 is 0 Å². The number of nitrogens with one attached hydrogen (secondary N) is 1. The molecule has 2 rings (SSSR count). The zero-order valence-corrected chi connectivity index (χ0v) is 9.04. The number of benzene rings is 1.